The zero-order valence-corrected chi connectivity index (χ0v) is 14.6. The highest BCUT2D eigenvalue weighted by molar-refractivity contribution is 6.77. The molecule has 0 bridgehead atoms. The Morgan fingerprint density at radius 2 is 1.86 bits per heavy atom. The van der Waals surface area contributed by atoms with Gasteiger partial charge in [0.25, 0.3) is 3.79 Å². The van der Waals surface area contributed by atoms with Gasteiger partial charge in [0, 0.05) is 18.3 Å². The van der Waals surface area contributed by atoms with Crippen molar-refractivity contribution >= 4 is 46.6 Å². The summed E-state index contributed by atoms with van der Waals surface area (Å²) in [6.07, 6.45) is 1.52. The fraction of sp³-hybridized carbons (Fsp3) is 0.571. The third-order valence-corrected chi connectivity index (χ3v) is 3.95. The lowest BCUT2D eigenvalue weighted by Crippen LogP contribution is -2.18. The third kappa shape index (κ3) is 4.63. The van der Waals surface area contributed by atoms with Crippen LogP contribution >= 0.6 is 34.8 Å². The number of halogens is 3. The molecule has 0 spiro atoms. The number of nitrogens with zero attached hydrogens (tertiary/aromatic N) is 1. The molecule has 0 radical (unpaired) electrons. The van der Waals surface area contributed by atoms with E-state index in [9.17, 15) is 9.59 Å². The number of methoxy groups -OCH3 is 1. The van der Waals surface area contributed by atoms with Crippen molar-refractivity contribution in [1.29, 1.82) is 0 Å². The van der Waals surface area contributed by atoms with E-state index >= 15 is 0 Å². The highest BCUT2D eigenvalue weighted by Crippen LogP contribution is 2.31. The maximum absolute atomic E-state index is 12.0. The van der Waals surface area contributed by atoms with Crippen LogP contribution in [0.5, 0.6) is 0 Å². The first kappa shape index (κ1) is 18.3. The lowest BCUT2D eigenvalue weighted by Gasteiger charge is -2.17. The summed E-state index contributed by atoms with van der Waals surface area (Å²) in [5.74, 6) is -0.482. The van der Waals surface area contributed by atoms with Crippen molar-refractivity contribution in [2.24, 2.45) is 11.8 Å². The molecule has 118 valence electrons. The number of hydrogen-bond acceptors (Lipinski definition) is 3. The Balaban J connectivity index is 3.19. The average molecular weight is 355 g/mol. The van der Waals surface area contributed by atoms with Crippen LogP contribution in [0.15, 0.2) is 12.3 Å². The molecule has 1 heterocycles. The van der Waals surface area contributed by atoms with Crippen LogP contribution in [0.3, 0.4) is 0 Å². The van der Waals surface area contributed by atoms with Gasteiger partial charge in [-0.25, -0.2) is 4.79 Å². The summed E-state index contributed by atoms with van der Waals surface area (Å²) in [6.45, 7) is 6.79. The maximum atomic E-state index is 12.0. The highest BCUT2D eigenvalue weighted by Gasteiger charge is 2.33. The number of hydrogen-bond donors (Lipinski definition) is 0. The summed E-state index contributed by atoms with van der Waals surface area (Å²) < 4.78 is 4.34. The van der Waals surface area contributed by atoms with Crippen LogP contribution in [0.1, 0.15) is 41.6 Å². The van der Waals surface area contributed by atoms with E-state index in [1.54, 1.807) is 4.57 Å². The van der Waals surface area contributed by atoms with Gasteiger partial charge in [-0.05, 0) is 17.9 Å². The molecular weight excluding hydrogens is 337 g/mol. The van der Waals surface area contributed by atoms with E-state index in [2.05, 4.69) is 20.8 Å². The fourth-order valence-corrected chi connectivity index (χ4v) is 2.07. The predicted octanol–water partition coefficient (Wildman–Crippen LogP) is 4.12. The molecular formula is C14H18Cl3NO3. The molecule has 0 saturated carbocycles. The number of rotatable bonds is 5. The van der Waals surface area contributed by atoms with Crippen molar-refractivity contribution in [2.75, 3.05) is 7.11 Å². The van der Waals surface area contributed by atoms with Crippen LogP contribution in [-0.2, 0) is 11.3 Å². The second-order valence-corrected chi connectivity index (χ2v) is 7.59. The molecule has 1 unspecified atom stereocenters. The minimum Gasteiger partial charge on any atom is -0.464 e. The Hall–Kier alpha value is -0.710. The monoisotopic (exact) mass is 353 g/mol. The first-order valence-corrected chi connectivity index (χ1v) is 7.61. The Bertz CT molecular complexity index is 532. The lowest BCUT2D eigenvalue weighted by atomic mass is 9.98. The van der Waals surface area contributed by atoms with E-state index in [-0.39, 0.29) is 11.3 Å². The number of alkyl halides is 3. The van der Waals surface area contributed by atoms with E-state index in [4.69, 9.17) is 39.5 Å². The Morgan fingerprint density at radius 3 is 2.29 bits per heavy atom. The molecule has 1 aromatic rings. The molecule has 0 fully saturated rings. The van der Waals surface area contributed by atoms with Gasteiger partial charge in [0.15, 0.2) is 0 Å². The van der Waals surface area contributed by atoms with Crippen molar-refractivity contribution < 1.29 is 14.3 Å². The molecule has 0 amide bonds. The Labute approximate surface area is 139 Å². The molecule has 0 aliphatic heterocycles. The molecule has 1 rings (SSSR count). The van der Waals surface area contributed by atoms with E-state index in [1.807, 2.05) is 0 Å². The van der Waals surface area contributed by atoms with Gasteiger partial charge in [-0.1, -0.05) is 55.6 Å². The zero-order valence-electron chi connectivity index (χ0n) is 12.3. The van der Waals surface area contributed by atoms with Gasteiger partial charge >= 0.3 is 5.97 Å². The minimum absolute atomic E-state index is 0.173. The van der Waals surface area contributed by atoms with Gasteiger partial charge in [-0.15, -0.1) is 0 Å². The summed E-state index contributed by atoms with van der Waals surface area (Å²) >= 11 is 16.8. The first-order valence-electron chi connectivity index (χ1n) is 6.48. The van der Waals surface area contributed by atoms with Crippen LogP contribution < -0.4 is 0 Å². The summed E-state index contributed by atoms with van der Waals surface area (Å²) in [5, 5.41) is 0. The molecule has 0 aliphatic carbocycles. The van der Waals surface area contributed by atoms with Crippen LogP contribution in [0.25, 0.3) is 0 Å². The van der Waals surface area contributed by atoms with E-state index in [1.165, 1.54) is 19.4 Å². The largest absolute Gasteiger partial charge is 0.464 e. The van der Waals surface area contributed by atoms with Gasteiger partial charge in [-0.2, -0.15) is 0 Å². The van der Waals surface area contributed by atoms with Gasteiger partial charge in [0.1, 0.15) is 5.69 Å². The summed E-state index contributed by atoms with van der Waals surface area (Å²) in [5.41, 5.74) is 0.439. The van der Waals surface area contributed by atoms with Gasteiger partial charge in [0.05, 0.1) is 7.11 Å². The molecule has 0 aliphatic rings. The van der Waals surface area contributed by atoms with Crippen LogP contribution in [-0.4, -0.2) is 27.2 Å². The molecule has 21 heavy (non-hydrogen) atoms. The van der Waals surface area contributed by atoms with E-state index in [0.717, 1.165) is 0 Å². The van der Waals surface area contributed by atoms with Gasteiger partial charge in [-0.3, -0.25) is 4.79 Å². The second-order valence-electron chi connectivity index (χ2n) is 5.31. The maximum Gasteiger partial charge on any atom is 0.354 e. The molecule has 0 saturated heterocycles. The molecule has 1 atom stereocenters. The van der Waals surface area contributed by atoms with Crippen LogP contribution in [0.2, 0.25) is 0 Å². The van der Waals surface area contributed by atoms with E-state index < -0.39 is 15.5 Å². The van der Waals surface area contributed by atoms with Crippen molar-refractivity contribution in [2.45, 2.75) is 31.1 Å². The predicted molar refractivity (Wildman–Crippen MR) is 84.4 cm³/mol. The van der Waals surface area contributed by atoms with Crippen molar-refractivity contribution in [3.8, 4) is 0 Å². The standard InChI is InChI=1S/C14H18Cl3NO3/c1-8(2)9(3)6-18-7-10(12(19)14(15,16)17)5-11(18)13(20)21-4/h5,7-9H,6H2,1-4H3. The van der Waals surface area contributed by atoms with Crippen molar-refractivity contribution in [3.05, 3.63) is 23.5 Å². The minimum atomic E-state index is -2.05. The Morgan fingerprint density at radius 1 is 1.29 bits per heavy atom. The summed E-state index contributed by atoms with van der Waals surface area (Å²) in [6, 6.07) is 1.39. The van der Waals surface area contributed by atoms with E-state index in [0.29, 0.717) is 18.4 Å². The number of aromatic nitrogens is 1. The quantitative estimate of drug-likeness (QED) is 0.454. The molecule has 1 aromatic heterocycles. The van der Waals surface area contributed by atoms with Gasteiger partial charge in [0.2, 0.25) is 5.78 Å². The Kier molecular flexibility index (Phi) is 6.14. The van der Waals surface area contributed by atoms with Crippen LogP contribution in [0, 0.1) is 11.8 Å². The number of ketones is 1. The molecule has 7 heteroatoms. The first-order chi connectivity index (χ1) is 9.57. The van der Waals surface area contributed by atoms with Crippen molar-refractivity contribution in [1.82, 2.24) is 4.57 Å². The summed E-state index contributed by atoms with van der Waals surface area (Å²) in [4.78, 5) is 23.8. The highest BCUT2D eigenvalue weighted by atomic mass is 35.6. The zero-order chi connectivity index (χ0) is 16.4. The number of carbonyl (C=O) groups is 2. The molecule has 0 aromatic carbocycles. The SMILES string of the molecule is COC(=O)c1cc(C(=O)C(Cl)(Cl)Cl)cn1CC(C)C(C)C. The smallest absolute Gasteiger partial charge is 0.354 e. The van der Waals surface area contributed by atoms with Crippen LogP contribution in [0.4, 0.5) is 0 Å². The summed E-state index contributed by atoms with van der Waals surface area (Å²) in [7, 11) is 1.28. The molecule has 0 N–H and O–H groups in total. The average Bonchev–Trinajstić information content (AvgIpc) is 2.79. The lowest BCUT2D eigenvalue weighted by molar-refractivity contribution is 0.0586. The van der Waals surface area contributed by atoms with Crippen molar-refractivity contribution in [3.63, 3.8) is 0 Å². The topological polar surface area (TPSA) is 48.3 Å². The number of esters is 1. The fourth-order valence-electron chi connectivity index (χ4n) is 1.75. The second kappa shape index (κ2) is 7.03. The number of ether oxygens (including phenoxy) is 1. The number of Topliss-reactive ketones (excluding diaryl/α,β-unsaturated/α-hetero) is 1. The molecule has 4 nitrogen and oxygen atoms in total. The van der Waals surface area contributed by atoms with Gasteiger partial charge < -0.3 is 9.30 Å². The third-order valence-electron chi connectivity index (χ3n) is 3.43. The number of carbonyl (C=O) groups excluding carboxylic acids is 2. The normalized spacial score (nSPS) is 13.3.